The fourth-order valence-electron chi connectivity index (χ4n) is 1.54. The van der Waals surface area contributed by atoms with Gasteiger partial charge in [0.05, 0.1) is 11.2 Å². The Morgan fingerprint density at radius 3 is 2.65 bits per heavy atom. The van der Waals surface area contributed by atoms with Crippen LogP contribution in [0.25, 0.3) is 10.9 Å². The van der Waals surface area contributed by atoms with E-state index in [9.17, 15) is 4.79 Å². The fourth-order valence-corrected chi connectivity index (χ4v) is 2.00. The van der Waals surface area contributed by atoms with Gasteiger partial charge in [-0.2, -0.15) is 0 Å². The van der Waals surface area contributed by atoms with Crippen molar-refractivity contribution >= 4 is 38.4 Å². The highest BCUT2D eigenvalue weighted by Gasteiger charge is 2.21. The third kappa shape index (κ3) is 2.36. The number of hydrogen-bond acceptors (Lipinski definition) is 1. The molecule has 0 aliphatic carbocycles. The second-order valence-electron chi connectivity index (χ2n) is 5.07. The molecule has 1 aromatic heterocycles. The minimum Gasteiger partial charge on any atom is -0.360 e. The van der Waals surface area contributed by atoms with Crippen molar-refractivity contribution in [3.63, 3.8) is 0 Å². The summed E-state index contributed by atoms with van der Waals surface area (Å²) in [4.78, 5) is 15.1. The Hall–Kier alpha value is -1.29. The molecule has 1 heterocycles. The Bertz CT molecular complexity index is 566. The molecule has 0 spiro atoms. The normalized spacial score (nSPS) is 11.8. The molecule has 2 rings (SSSR count). The number of carbonyl (C=O) groups is 1. The van der Waals surface area contributed by atoms with Gasteiger partial charge < -0.3 is 10.3 Å². The van der Waals surface area contributed by atoms with Crippen LogP contribution >= 0.6 is 15.9 Å². The summed E-state index contributed by atoms with van der Waals surface area (Å²) in [5.74, 6) is 0.0160. The molecule has 1 amide bonds. The van der Waals surface area contributed by atoms with Gasteiger partial charge in [0.1, 0.15) is 0 Å². The molecule has 0 fully saturated rings. The Labute approximate surface area is 109 Å². The molecule has 2 N–H and O–H groups in total. The van der Waals surface area contributed by atoms with Crippen LogP contribution in [0.15, 0.2) is 28.9 Å². The van der Waals surface area contributed by atoms with Gasteiger partial charge in [0.25, 0.3) is 0 Å². The van der Waals surface area contributed by atoms with Crippen molar-refractivity contribution in [2.24, 2.45) is 5.41 Å². The summed E-state index contributed by atoms with van der Waals surface area (Å²) < 4.78 is 0.992. The maximum Gasteiger partial charge on any atom is 0.229 e. The van der Waals surface area contributed by atoms with Crippen molar-refractivity contribution in [3.05, 3.63) is 28.9 Å². The molecule has 0 unspecified atom stereocenters. The average molecular weight is 295 g/mol. The summed E-state index contributed by atoms with van der Waals surface area (Å²) in [5, 5.41) is 3.97. The summed E-state index contributed by atoms with van der Waals surface area (Å²) in [6.45, 7) is 5.69. The van der Waals surface area contributed by atoms with E-state index in [0.717, 1.165) is 21.1 Å². The molecule has 2 aromatic rings. The first-order valence-corrected chi connectivity index (χ1v) is 6.26. The minimum absolute atomic E-state index is 0.0160. The molecule has 0 saturated carbocycles. The number of hydrogen-bond donors (Lipinski definition) is 2. The lowest BCUT2D eigenvalue weighted by Crippen LogP contribution is -2.27. The van der Waals surface area contributed by atoms with Crippen molar-refractivity contribution in [1.29, 1.82) is 0 Å². The zero-order chi connectivity index (χ0) is 12.6. The zero-order valence-corrected chi connectivity index (χ0v) is 11.7. The molecule has 1 aromatic carbocycles. The lowest BCUT2D eigenvalue weighted by molar-refractivity contribution is -0.123. The molecule has 0 bridgehead atoms. The van der Waals surface area contributed by atoms with Crippen molar-refractivity contribution in [3.8, 4) is 0 Å². The number of carbonyl (C=O) groups excluding carboxylic acids is 1. The lowest BCUT2D eigenvalue weighted by Gasteiger charge is -2.18. The average Bonchev–Trinajstić information content (AvgIpc) is 2.70. The van der Waals surface area contributed by atoms with Crippen LogP contribution in [0.5, 0.6) is 0 Å². The number of H-pyrrole nitrogens is 1. The monoisotopic (exact) mass is 294 g/mol. The van der Waals surface area contributed by atoms with E-state index < -0.39 is 5.41 Å². The predicted molar refractivity (Wildman–Crippen MR) is 74.1 cm³/mol. The second-order valence-corrected chi connectivity index (χ2v) is 5.92. The molecule has 0 radical (unpaired) electrons. The lowest BCUT2D eigenvalue weighted by atomic mass is 9.95. The van der Waals surface area contributed by atoms with Crippen molar-refractivity contribution in [2.75, 3.05) is 5.32 Å². The number of benzene rings is 1. The standard InChI is InChI=1S/C13H15BrN2O/c1-13(2,3)12(17)16-10-5-4-9(14)11-8(10)6-7-15-11/h4-7,15H,1-3H3,(H,16,17). The van der Waals surface area contributed by atoms with Crippen LogP contribution in [-0.4, -0.2) is 10.9 Å². The van der Waals surface area contributed by atoms with Crippen LogP contribution in [-0.2, 0) is 4.79 Å². The van der Waals surface area contributed by atoms with E-state index in [1.54, 1.807) is 0 Å². The fraction of sp³-hybridized carbons (Fsp3) is 0.308. The van der Waals surface area contributed by atoms with Gasteiger partial charge in [0.2, 0.25) is 5.91 Å². The van der Waals surface area contributed by atoms with E-state index >= 15 is 0 Å². The van der Waals surface area contributed by atoms with E-state index in [2.05, 4.69) is 26.2 Å². The molecular weight excluding hydrogens is 280 g/mol. The topological polar surface area (TPSA) is 44.9 Å². The van der Waals surface area contributed by atoms with Gasteiger partial charge in [-0.3, -0.25) is 4.79 Å². The van der Waals surface area contributed by atoms with Gasteiger partial charge in [-0.25, -0.2) is 0 Å². The van der Waals surface area contributed by atoms with Gasteiger partial charge in [-0.05, 0) is 34.1 Å². The van der Waals surface area contributed by atoms with Crippen LogP contribution in [0.4, 0.5) is 5.69 Å². The minimum atomic E-state index is -0.393. The van der Waals surface area contributed by atoms with Crippen molar-refractivity contribution in [1.82, 2.24) is 4.98 Å². The molecule has 17 heavy (non-hydrogen) atoms. The molecule has 0 aliphatic rings. The first kappa shape index (κ1) is 12.2. The Kier molecular flexibility index (Phi) is 3.00. The summed E-state index contributed by atoms with van der Waals surface area (Å²) in [6.07, 6.45) is 1.86. The van der Waals surface area contributed by atoms with E-state index in [-0.39, 0.29) is 5.91 Å². The van der Waals surface area contributed by atoms with Gasteiger partial charge >= 0.3 is 0 Å². The number of fused-ring (bicyclic) bond motifs is 1. The second kappa shape index (κ2) is 4.18. The Balaban J connectivity index is 2.41. The van der Waals surface area contributed by atoms with Crippen LogP contribution in [0.1, 0.15) is 20.8 Å². The highest BCUT2D eigenvalue weighted by atomic mass is 79.9. The van der Waals surface area contributed by atoms with E-state index in [4.69, 9.17) is 0 Å². The van der Waals surface area contributed by atoms with E-state index in [1.165, 1.54) is 0 Å². The van der Waals surface area contributed by atoms with Crippen molar-refractivity contribution in [2.45, 2.75) is 20.8 Å². The number of aromatic nitrogens is 1. The Morgan fingerprint density at radius 1 is 1.29 bits per heavy atom. The van der Waals surface area contributed by atoms with Crippen LogP contribution in [0.3, 0.4) is 0 Å². The van der Waals surface area contributed by atoms with Crippen LogP contribution in [0.2, 0.25) is 0 Å². The van der Waals surface area contributed by atoms with E-state index in [0.29, 0.717) is 0 Å². The third-order valence-corrected chi connectivity index (χ3v) is 3.26. The summed E-state index contributed by atoms with van der Waals surface area (Å²) in [5.41, 5.74) is 1.44. The van der Waals surface area contributed by atoms with Gasteiger partial charge in [-0.1, -0.05) is 20.8 Å². The maximum absolute atomic E-state index is 12.0. The Morgan fingerprint density at radius 2 is 2.00 bits per heavy atom. The summed E-state index contributed by atoms with van der Waals surface area (Å²) >= 11 is 3.47. The van der Waals surface area contributed by atoms with Gasteiger partial charge in [0, 0.05) is 21.5 Å². The first-order valence-electron chi connectivity index (χ1n) is 5.46. The van der Waals surface area contributed by atoms with Gasteiger partial charge in [0.15, 0.2) is 0 Å². The summed E-state index contributed by atoms with van der Waals surface area (Å²) in [6, 6.07) is 5.79. The quantitative estimate of drug-likeness (QED) is 0.823. The number of rotatable bonds is 1. The molecule has 90 valence electrons. The number of amides is 1. The molecule has 0 aliphatic heterocycles. The SMILES string of the molecule is CC(C)(C)C(=O)Nc1ccc(Br)c2[nH]ccc12. The highest BCUT2D eigenvalue weighted by Crippen LogP contribution is 2.30. The molecule has 4 heteroatoms. The molecule has 0 atom stereocenters. The predicted octanol–water partition coefficient (Wildman–Crippen LogP) is 3.92. The largest absolute Gasteiger partial charge is 0.360 e. The smallest absolute Gasteiger partial charge is 0.229 e. The first-order chi connectivity index (χ1) is 7.89. The van der Waals surface area contributed by atoms with Crippen molar-refractivity contribution < 1.29 is 4.79 Å². The molecule has 3 nitrogen and oxygen atoms in total. The van der Waals surface area contributed by atoms with Gasteiger partial charge in [-0.15, -0.1) is 0 Å². The number of halogens is 1. The number of anilines is 1. The number of nitrogens with one attached hydrogen (secondary N) is 2. The number of aromatic amines is 1. The highest BCUT2D eigenvalue weighted by molar-refractivity contribution is 9.10. The maximum atomic E-state index is 12.0. The third-order valence-electron chi connectivity index (χ3n) is 2.60. The zero-order valence-electron chi connectivity index (χ0n) is 10.1. The van der Waals surface area contributed by atoms with Crippen LogP contribution < -0.4 is 5.32 Å². The molecular formula is C13H15BrN2O. The summed E-state index contributed by atoms with van der Waals surface area (Å²) in [7, 11) is 0. The van der Waals surface area contributed by atoms with Crippen LogP contribution in [0, 0.1) is 5.41 Å². The molecule has 0 saturated heterocycles. The van der Waals surface area contributed by atoms with E-state index in [1.807, 2.05) is 45.2 Å².